The molecule has 0 fully saturated rings. The van der Waals surface area contributed by atoms with Gasteiger partial charge in [-0.05, 0) is 89.2 Å². The number of nitrogens with one attached hydrogen (secondary N) is 2. The molecule has 0 heterocycles. The summed E-state index contributed by atoms with van der Waals surface area (Å²) in [4.78, 5) is 24.1. The highest BCUT2D eigenvalue weighted by atomic mass is 127. The summed E-state index contributed by atoms with van der Waals surface area (Å²) in [5.74, 6) is -0.0947. The number of ether oxygens (including phenoxy) is 1. The molecule has 31 heavy (non-hydrogen) atoms. The Hall–Kier alpha value is -3.40. The Kier molecular flexibility index (Phi) is 7.60. The van der Waals surface area contributed by atoms with E-state index in [9.17, 15) is 14.7 Å². The highest BCUT2D eigenvalue weighted by Gasteiger charge is 2.07. The van der Waals surface area contributed by atoms with E-state index < -0.39 is 5.91 Å². The first-order chi connectivity index (χ1) is 14.9. The van der Waals surface area contributed by atoms with Crippen molar-refractivity contribution in [3.8, 4) is 11.5 Å². The van der Waals surface area contributed by atoms with Gasteiger partial charge in [-0.25, -0.2) is 5.43 Å². The number of para-hydroxylation sites is 1. The average Bonchev–Trinajstić information content (AvgIpc) is 2.76. The number of halogens is 1. The topological polar surface area (TPSA) is 100 Å². The van der Waals surface area contributed by atoms with Crippen molar-refractivity contribution in [3.05, 3.63) is 87.0 Å². The predicted molar refractivity (Wildman–Crippen MR) is 128 cm³/mol. The zero-order valence-corrected chi connectivity index (χ0v) is 18.8. The van der Waals surface area contributed by atoms with E-state index in [1.54, 1.807) is 36.4 Å². The van der Waals surface area contributed by atoms with Crippen molar-refractivity contribution in [3.63, 3.8) is 0 Å². The zero-order chi connectivity index (χ0) is 22.2. The lowest BCUT2D eigenvalue weighted by Crippen LogP contribution is -2.20. The number of phenols is 1. The SMILES string of the molecule is Cc1ccccc1NC(=O)COc1ccc(/C=N\NC(=O)c2ccc(I)c(O)c2)cc1. The predicted octanol–water partition coefficient (Wildman–Crippen LogP) is 4.09. The van der Waals surface area contributed by atoms with E-state index >= 15 is 0 Å². The summed E-state index contributed by atoms with van der Waals surface area (Å²) in [5.41, 5.74) is 5.19. The molecule has 0 atom stereocenters. The minimum absolute atomic E-state index is 0.0420. The van der Waals surface area contributed by atoms with Crippen molar-refractivity contribution in [2.24, 2.45) is 5.10 Å². The van der Waals surface area contributed by atoms with Crippen LogP contribution in [0.4, 0.5) is 5.69 Å². The molecule has 0 unspecified atom stereocenters. The lowest BCUT2D eigenvalue weighted by molar-refractivity contribution is -0.118. The zero-order valence-electron chi connectivity index (χ0n) is 16.6. The van der Waals surface area contributed by atoms with Gasteiger partial charge in [0.05, 0.1) is 9.78 Å². The third-order valence-electron chi connectivity index (χ3n) is 4.26. The Morgan fingerprint density at radius 2 is 1.84 bits per heavy atom. The van der Waals surface area contributed by atoms with Gasteiger partial charge in [-0.1, -0.05) is 18.2 Å². The standard InChI is InChI=1S/C23H20IN3O4/c1-15-4-2-3-5-20(15)26-22(29)14-31-18-9-6-16(7-10-18)13-25-27-23(30)17-8-11-19(24)21(28)12-17/h2-13,28H,14H2,1H3,(H,26,29)(H,27,30)/b25-13-. The Balaban J connectivity index is 1.48. The van der Waals surface area contributed by atoms with E-state index in [4.69, 9.17) is 4.74 Å². The summed E-state index contributed by atoms with van der Waals surface area (Å²) in [6, 6.07) is 19.1. The van der Waals surface area contributed by atoms with Gasteiger partial charge in [0.15, 0.2) is 6.61 Å². The molecule has 0 aliphatic heterocycles. The normalized spacial score (nSPS) is 10.6. The lowest BCUT2D eigenvalue weighted by Gasteiger charge is -2.09. The molecule has 3 aromatic carbocycles. The first-order valence-corrected chi connectivity index (χ1v) is 10.4. The highest BCUT2D eigenvalue weighted by Crippen LogP contribution is 2.20. The van der Waals surface area contributed by atoms with Crippen LogP contribution >= 0.6 is 22.6 Å². The van der Waals surface area contributed by atoms with E-state index in [1.165, 1.54) is 12.3 Å². The van der Waals surface area contributed by atoms with Crippen LogP contribution in [0.1, 0.15) is 21.5 Å². The van der Waals surface area contributed by atoms with Crippen LogP contribution in [0.2, 0.25) is 0 Å². The molecular formula is C23H20IN3O4. The second kappa shape index (κ2) is 10.6. The third-order valence-corrected chi connectivity index (χ3v) is 5.17. The molecule has 0 aliphatic rings. The Morgan fingerprint density at radius 3 is 2.55 bits per heavy atom. The summed E-state index contributed by atoms with van der Waals surface area (Å²) >= 11 is 1.97. The van der Waals surface area contributed by atoms with Crippen LogP contribution in [-0.2, 0) is 4.79 Å². The van der Waals surface area contributed by atoms with Gasteiger partial charge in [0.2, 0.25) is 0 Å². The summed E-state index contributed by atoms with van der Waals surface area (Å²) in [7, 11) is 0. The van der Waals surface area contributed by atoms with E-state index in [0.29, 0.717) is 14.9 Å². The maximum absolute atomic E-state index is 12.1. The number of anilines is 1. The molecule has 3 N–H and O–H groups in total. The van der Waals surface area contributed by atoms with Gasteiger partial charge < -0.3 is 15.2 Å². The molecule has 0 spiro atoms. The molecule has 0 aliphatic carbocycles. The number of hydrogen-bond acceptors (Lipinski definition) is 5. The van der Waals surface area contributed by atoms with Gasteiger partial charge in [0.1, 0.15) is 11.5 Å². The van der Waals surface area contributed by atoms with Crippen LogP contribution in [0.15, 0.2) is 71.8 Å². The molecule has 8 heteroatoms. The van der Waals surface area contributed by atoms with Crippen LogP contribution in [0, 0.1) is 10.5 Å². The second-order valence-electron chi connectivity index (χ2n) is 6.59. The Bertz CT molecular complexity index is 1110. The lowest BCUT2D eigenvalue weighted by atomic mass is 10.2. The van der Waals surface area contributed by atoms with E-state index in [2.05, 4.69) is 15.8 Å². The largest absolute Gasteiger partial charge is 0.507 e. The average molecular weight is 529 g/mol. The minimum Gasteiger partial charge on any atom is -0.507 e. The number of carbonyl (C=O) groups excluding carboxylic acids is 2. The fourth-order valence-corrected chi connectivity index (χ4v) is 2.92. The molecule has 0 bridgehead atoms. The van der Waals surface area contributed by atoms with Crippen LogP contribution in [0.5, 0.6) is 11.5 Å². The fraction of sp³-hybridized carbons (Fsp3) is 0.0870. The smallest absolute Gasteiger partial charge is 0.271 e. The molecule has 0 radical (unpaired) electrons. The van der Waals surface area contributed by atoms with Crippen LogP contribution in [0.25, 0.3) is 0 Å². The number of hydrazone groups is 1. The van der Waals surface area contributed by atoms with Crippen molar-refractivity contribution in [1.29, 1.82) is 0 Å². The van der Waals surface area contributed by atoms with Gasteiger partial charge >= 0.3 is 0 Å². The van der Waals surface area contributed by atoms with Gasteiger partial charge in [0.25, 0.3) is 11.8 Å². The van der Waals surface area contributed by atoms with E-state index in [1.807, 2.05) is 53.8 Å². The number of rotatable bonds is 7. The molecule has 0 saturated heterocycles. The first-order valence-electron chi connectivity index (χ1n) is 9.32. The minimum atomic E-state index is -0.428. The number of carbonyl (C=O) groups is 2. The molecule has 0 aromatic heterocycles. The Labute approximate surface area is 193 Å². The van der Waals surface area contributed by atoms with Crippen molar-refractivity contribution < 1.29 is 19.4 Å². The van der Waals surface area contributed by atoms with Gasteiger partial charge in [-0.3, -0.25) is 9.59 Å². The van der Waals surface area contributed by atoms with Gasteiger partial charge in [-0.15, -0.1) is 0 Å². The molecular weight excluding hydrogens is 509 g/mol. The number of phenolic OH excluding ortho intramolecular Hbond substituents is 1. The number of nitrogens with zero attached hydrogens (tertiary/aromatic N) is 1. The summed E-state index contributed by atoms with van der Waals surface area (Å²) < 4.78 is 6.17. The summed E-state index contributed by atoms with van der Waals surface area (Å²) in [5, 5.41) is 16.4. The number of benzene rings is 3. The van der Waals surface area contributed by atoms with E-state index in [-0.39, 0.29) is 18.3 Å². The molecule has 0 saturated carbocycles. The number of hydrogen-bond donors (Lipinski definition) is 3. The van der Waals surface area contributed by atoms with Crippen LogP contribution in [-0.4, -0.2) is 29.7 Å². The number of aromatic hydroxyl groups is 1. The third kappa shape index (κ3) is 6.54. The first kappa shape index (κ1) is 22.3. The van der Waals surface area contributed by atoms with Crippen molar-refractivity contribution >= 4 is 46.3 Å². The molecule has 3 aromatic rings. The van der Waals surface area contributed by atoms with Crippen LogP contribution < -0.4 is 15.5 Å². The van der Waals surface area contributed by atoms with Crippen molar-refractivity contribution in [2.45, 2.75) is 6.92 Å². The highest BCUT2D eigenvalue weighted by molar-refractivity contribution is 14.1. The van der Waals surface area contributed by atoms with Gasteiger partial charge in [0, 0.05) is 11.3 Å². The summed E-state index contributed by atoms with van der Waals surface area (Å²) in [6.07, 6.45) is 1.49. The number of aryl methyl sites for hydroxylation is 1. The van der Waals surface area contributed by atoms with Crippen molar-refractivity contribution in [2.75, 3.05) is 11.9 Å². The number of amides is 2. The van der Waals surface area contributed by atoms with Crippen LogP contribution in [0.3, 0.4) is 0 Å². The molecule has 158 valence electrons. The maximum Gasteiger partial charge on any atom is 0.271 e. The van der Waals surface area contributed by atoms with E-state index in [0.717, 1.165) is 16.8 Å². The second-order valence-corrected chi connectivity index (χ2v) is 7.75. The monoisotopic (exact) mass is 529 g/mol. The van der Waals surface area contributed by atoms with Crippen molar-refractivity contribution in [1.82, 2.24) is 5.43 Å². The summed E-state index contributed by atoms with van der Waals surface area (Å²) in [6.45, 7) is 1.81. The maximum atomic E-state index is 12.1. The van der Waals surface area contributed by atoms with Gasteiger partial charge in [-0.2, -0.15) is 5.10 Å². The molecule has 3 rings (SSSR count). The quantitative estimate of drug-likeness (QED) is 0.244. The Morgan fingerprint density at radius 1 is 1.10 bits per heavy atom. The fourth-order valence-electron chi connectivity index (χ4n) is 2.58. The molecule has 2 amide bonds. The molecule has 7 nitrogen and oxygen atoms in total.